The van der Waals surface area contributed by atoms with E-state index in [1.165, 1.54) is 0 Å². The molecule has 0 saturated carbocycles. The molecule has 0 aliphatic rings. The van der Waals surface area contributed by atoms with Crippen LogP contribution in [0.2, 0.25) is 0 Å². The zero-order valence-electron chi connectivity index (χ0n) is 7.65. The highest BCUT2D eigenvalue weighted by molar-refractivity contribution is 5.75. The number of carboxylic acids is 2. The zero-order valence-corrected chi connectivity index (χ0v) is 7.65. The molecule has 0 aliphatic heterocycles. The summed E-state index contributed by atoms with van der Waals surface area (Å²) in [4.78, 5) is 20.9. The number of alkyl halides is 1. The number of nitrogens with two attached hydrogens (primary N) is 1. The second kappa shape index (κ2) is 6.31. The molecule has 0 radical (unpaired) electrons. The molecule has 4 N–H and O–H groups in total. The summed E-state index contributed by atoms with van der Waals surface area (Å²) in [7, 11) is 0. The molecule has 2 atom stereocenters. The largest absolute Gasteiger partial charge is 0.481 e. The van der Waals surface area contributed by atoms with Gasteiger partial charge in [0.05, 0.1) is 12.6 Å². The Balaban J connectivity index is 4.08. The fourth-order valence-electron chi connectivity index (χ4n) is 1.07. The minimum atomic E-state index is -1.24. The van der Waals surface area contributed by atoms with Crippen LogP contribution < -0.4 is 5.73 Å². The van der Waals surface area contributed by atoms with Gasteiger partial charge in [0.2, 0.25) is 0 Å². The van der Waals surface area contributed by atoms with Gasteiger partial charge in [0.15, 0.2) is 0 Å². The van der Waals surface area contributed by atoms with Crippen molar-refractivity contribution in [2.45, 2.75) is 25.3 Å². The van der Waals surface area contributed by atoms with Gasteiger partial charge in [-0.2, -0.15) is 0 Å². The maximum Gasteiger partial charge on any atom is 0.320 e. The average Bonchev–Trinajstić information content (AvgIpc) is 2.10. The topological polar surface area (TPSA) is 101 Å². The van der Waals surface area contributed by atoms with E-state index in [2.05, 4.69) is 0 Å². The number of aliphatic carboxylic acids is 2. The summed E-state index contributed by atoms with van der Waals surface area (Å²) in [5, 5.41) is 17.1. The monoisotopic (exact) mass is 207 g/mol. The maximum absolute atomic E-state index is 11.8. The van der Waals surface area contributed by atoms with Gasteiger partial charge in [-0.1, -0.05) is 0 Å². The van der Waals surface area contributed by atoms with Crippen LogP contribution in [-0.2, 0) is 9.59 Å². The molecule has 0 rings (SSSR count). The first kappa shape index (κ1) is 12.8. The summed E-state index contributed by atoms with van der Waals surface area (Å²) in [5.41, 5.74) is 5.17. The third-order valence-electron chi connectivity index (χ3n) is 1.89. The molecule has 0 saturated heterocycles. The number of carboxylic acid groups (broad SMARTS) is 2. The van der Waals surface area contributed by atoms with E-state index in [1.807, 2.05) is 0 Å². The van der Waals surface area contributed by atoms with E-state index in [9.17, 15) is 14.0 Å². The van der Waals surface area contributed by atoms with E-state index >= 15 is 0 Å². The number of hydrogen-bond acceptors (Lipinski definition) is 3. The van der Waals surface area contributed by atoms with E-state index in [0.717, 1.165) is 0 Å². The van der Waals surface area contributed by atoms with E-state index in [-0.39, 0.29) is 19.3 Å². The lowest BCUT2D eigenvalue weighted by Gasteiger charge is -2.13. The Morgan fingerprint density at radius 2 is 1.86 bits per heavy atom. The van der Waals surface area contributed by atoms with Crippen molar-refractivity contribution in [2.75, 3.05) is 6.67 Å². The minimum absolute atomic E-state index is 0.114. The van der Waals surface area contributed by atoms with Gasteiger partial charge in [-0.3, -0.25) is 14.0 Å². The van der Waals surface area contributed by atoms with E-state index in [4.69, 9.17) is 15.9 Å². The highest BCUT2D eigenvalue weighted by Gasteiger charge is 2.23. The first-order valence-electron chi connectivity index (χ1n) is 4.26. The Morgan fingerprint density at radius 3 is 2.21 bits per heavy atom. The van der Waals surface area contributed by atoms with Crippen molar-refractivity contribution < 1.29 is 24.2 Å². The van der Waals surface area contributed by atoms with Crippen molar-refractivity contribution in [2.24, 2.45) is 11.7 Å². The summed E-state index contributed by atoms with van der Waals surface area (Å²) >= 11 is 0. The van der Waals surface area contributed by atoms with Crippen LogP contribution in [0.5, 0.6) is 0 Å². The predicted octanol–water partition coefficient (Wildman–Crippen LogP) is 0.239. The van der Waals surface area contributed by atoms with E-state index in [1.54, 1.807) is 0 Å². The molecule has 5 nitrogen and oxygen atoms in total. The molecule has 0 aromatic rings. The van der Waals surface area contributed by atoms with Crippen molar-refractivity contribution in [1.82, 2.24) is 0 Å². The van der Waals surface area contributed by atoms with Gasteiger partial charge >= 0.3 is 11.9 Å². The van der Waals surface area contributed by atoms with Crippen LogP contribution in [0.4, 0.5) is 4.39 Å². The van der Waals surface area contributed by atoms with Gasteiger partial charge in [0.1, 0.15) is 6.04 Å². The molecule has 82 valence electrons. The lowest BCUT2D eigenvalue weighted by atomic mass is 9.96. The molecular weight excluding hydrogens is 193 g/mol. The minimum Gasteiger partial charge on any atom is -0.481 e. The molecule has 0 aromatic carbocycles. The van der Waals surface area contributed by atoms with Crippen molar-refractivity contribution >= 4 is 11.9 Å². The van der Waals surface area contributed by atoms with Crippen LogP contribution in [0.25, 0.3) is 0 Å². The molecule has 0 unspecified atom stereocenters. The van der Waals surface area contributed by atoms with Gasteiger partial charge in [-0.15, -0.1) is 0 Å². The Hall–Kier alpha value is -1.17. The second-order valence-electron chi connectivity index (χ2n) is 3.05. The fraction of sp³-hybridized carbons (Fsp3) is 0.750. The van der Waals surface area contributed by atoms with E-state index < -0.39 is 30.6 Å². The molecule has 0 heterocycles. The van der Waals surface area contributed by atoms with Crippen molar-refractivity contribution in [3.8, 4) is 0 Å². The zero-order chi connectivity index (χ0) is 11.1. The summed E-state index contributed by atoms with van der Waals surface area (Å²) in [5.74, 6) is -3.25. The Morgan fingerprint density at radius 1 is 1.29 bits per heavy atom. The maximum atomic E-state index is 11.8. The summed E-state index contributed by atoms with van der Waals surface area (Å²) in [6, 6.07) is -1.20. The molecule has 6 heteroatoms. The van der Waals surface area contributed by atoms with Gasteiger partial charge in [0, 0.05) is 0 Å². The van der Waals surface area contributed by atoms with Gasteiger partial charge in [0.25, 0.3) is 0 Å². The number of carbonyl (C=O) groups is 2. The third kappa shape index (κ3) is 4.76. The van der Waals surface area contributed by atoms with Crippen LogP contribution >= 0.6 is 0 Å². The standard InChI is InChI=1S/C8H14FNO4/c9-3-1-2-5(7(11)12)4-6(10)8(13)14/h5-6H,1-4,10H2,(H,11,12)(H,13,14)/t5-,6+/m0/s1. The van der Waals surface area contributed by atoms with Crippen LogP contribution in [0.1, 0.15) is 19.3 Å². The molecule has 0 aliphatic carbocycles. The Kier molecular flexibility index (Phi) is 5.78. The highest BCUT2D eigenvalue weighted by Crippen LogP contribution is 2.13. The van der Waals surface area contributed by atoms with Crippen molar-refractivity contribution in [3.05, 3.63) is 0 Å². The first-order chi connectivity index (χ1) is 6.49. The van der Waals surface area contributed by atoms with Crippen LogP contribution in [-0.4, -0.2) is 34.9 Å². The smallest absolute Gasteiger partial charge is 0.320 e. The molecule has 0 aromatic heterocycles. The normalized spacial score (nSPS) is 14.7. The number of rotatable bonds is 7. The lowest BCUT2D eigenvalue weighted by Crippen LogP contribution is -2.34. The third-order valence-corrected chi connectivity index (χ3v) is 1.89. The molecule has 0 amide bonds. The molecule has 0 bridgehead atoms. The van der Waals surface area contributed by atoms with Crippen molar-refractivity contribution in [3.63, 3.8) is 0 Å². The highest BCUT2D eigenvalue weighted by atomic mass is 19.1. The SMILES string of the molecule is N[C@H](C[C@H](CCCF)C(=O)O)C(=O)O. The van der Waals surface area contributed by atoms with Gasteiger partial charge in [-0.05, 0) is 19.3 Å². The van der Waals surface area contributed by atoms with Gasteiger partial charge < -0.3 is 15.9 Å². The van der Waals surface area contributed by atoms with Crippen LogP contribution in [0.15, 0.2) is 0 Å². The Labute approximate surface area is 80.7 Å². The first-order valence-corrected chi connectivity index (χ1v) is 4.26. The summed E-state index contributed by atoms with van der Waals surface area (Å²) in [6.07, 6.45) is 0.0702. The predicted molar refractivity (Wildman–Crippen MR) is 46.6 cm³/mol. The second-order valence-corrected chi connectivity index (χ2v) is 3.05. The summed E-state index contributed by atoms with van der Waals surface area (Å²) < 4.78 is 11.8. The van der Waals surface area contributed by atoms with Crippen molar-refractivity contribution in [1.29, 1.82) is 0 Å². The number of halogens is 1. The Bertz CT molecular complexity index is 210. The fourth-order valence-corrected chi connectivity index (χ4v) is 1.07. The average molecular weight is 207 g/mol. The quantitative estimate of drug-likeness (QED) is 0.555. The summed E-state index contributed by atoms with van der Waals surface area (Å²) in [6.45, 7) is -0.605. The van der Waals surface area contributed by atoms with Crippen LogP contribution in [0.3, 0.4) is 0 Å². The molecule has 0 spiro atoms. The molecule has 0 fully saturated rings. The molecule has 14 heavy (non-hydrogen) atoms. The van der Waals surface area contributed by atoms with E-state index in [0.29, 0.717) is 0 Å². The number of hydrogen-bond donors (Lipinski definition) is 3. The van der Waals surface area contributed by atoms with Crippen LogP contribution in [0, 0.1) is 5.92 Å². The van der Waals surface area contributed by atoms with Gasteiger partial charge in [-0.25, -0.2) is 0 Å². The lowest BCUT2D eigenvalue weighted by molar-refractivity contribution is -0.143. The molecular formula is C8H14FNO4.